The summed E-state index contributed by atoms with van der Waals surface area (Å²) in [6, 6.07) is 7.38. The summed E-state index contributed by atoms with van der Waals surface area (Å²) in [6.07, 6.45) is 2.72. The molecule has 194 valence electrons. The molecule has 11 heteroatoms. The minimum Gasteiger partial charge on any atom is -0.363 e. The topological polar surface area (TPSA) is 131 Å². The first-order valence-corrected chi connectivity index (χ1v) is 13.5. The molecule has 0 unspecified atom stereocenters. The normalized spacial score (nSPS) is 18.2. The Morgan fingerprint density at radius 3 is 2.76 bits per heavy atom. The molecule has 0 radical (unpaired) electrons. The third-order valence-corrected chi connectivity index (χ3v) is 8.89. The van der Waals surface area contributed by atoms with Gasteiger partial charge in [-0.15, -0.1) is 11.3 Å². The number of nitrogens with one attached hydrogen (secondary N) is 2. The Kier molecular flexibility index (Phi) is 5.36. The van der Waals surface area contributed by atoms with Crippen molar-refractivity contribution in [3.8, 4) is 0 Å². The van der Waals surface area contributed by atoms with Gasteiger partial charge in [-0.1, -0.05) is 18.2 Å². The van der Waals surface area contributed by atoms with Crippen LogP contribution in [0.25, 0.3) is 10.2 Å². The van der Waals surface area contributed by atoms with Crippen LogP contribution in [0.15, 0.2) is 38.6 Å². The van der Waals surface area contributed by atoms with Gasteiger partial charge in [-0.25, -0.2) is 4.98 Å². The molecule has 0 saturated carbocycles. The highest BCUT2D eigenvalue weighted by Gasteiger charge is 2.41. The number of nitrogens with zero attached hydrogens (tertiary/aromatic N) is 2. The van der Waals surface area contributed by atoms with Gasteiger partial charge in [-0.3, -0.25) is 19.2 Å². The third-order valence-electron chi connectivity index (χ3n) is 7.76. The second kappa shape index (κ2) is 8.69. The van der Waals surface area contributed by atoms with Gasteiger partial charge < -0.3 is 24.7 Å². The average Bonchev–Trinajstić information content (AvgIpc) is 3.53. The van der Waals surface area contributed by atoms with E-state index in [0.717, 1.165) is 28.0 Å². The lowest BCUT2D eigenvalue weighted by molar-refractivity contribution is -0.163. The highest BCUT2D eigenvalue weighted by molar-refractivity contribution is 7.18. The van der Waals surface area contributed by atoms with Crippen molar-refractivity contribution < 1.29 is 14.3 Å². The van der Waals surface area contributed by atoms with Gasteiger partial charge in [-0.2, -0.15) is 0 Å². The van der Waals surface area contributed by atoms with Crippen LogP contribution >= 0.6 is 11.3 Å². The van der Waals surface area contributed by atoms with Crippen molar-refractivity contribution in [3.05, 3.63) is 88.0 Å². The van der Waals surface area contributed by atoms with Crippen molar-refractivity contribution >= 4 is 33.1 Å². The highest BCUT2D eigenvalue weighted by Crippen LogP contribution is 2.41. The second-order valence-corrected chi connectivity index (χ2v) is 11.1. The van der Waals surface area contributed by atoms with Gasteiger partial charge in [0, 0.05) is 43.4 Å². The van der Waals surface area contributed by atoms with E-state index in [0.29, 0.717) is 61.5 Å². The Morgan fingerprint density at radius 2 is 1.97 bits per heavy atom. The van der Waals surface area contributed by atoms with Crippen LogP contribution in [0.3, 0.4) is 0 Å². The Morgan fingerprint density at radius 1 is 1.13 bits per heavy atom. The van der Waals surface area contributed by atoms with Crippen molar-refractivity contribution in [1.82, 2.24) is 15.3 Å². The summed E-state index contributed by atoms with van der Waals surface area (Å²) in [7, 11) is 0. The van der Waals surface area contributed by atoms with Crippen LogP contribution in [0.5, 0.6) is 0 Å². The summed E-state index contributed by atoms with van der Waals surface area (Å²) in [5.41, 5.74) is 3.39. The zero-order chi connectivity index (χ0) is 26.0. The summed E-state index contributed by atoms with van der Waals surface area (Å²) in [5, 5.41) is 3.41. The summed E-state index contributed by atoms with van der Waals surface area (Å²) < 4.78 is 11.7. The summed E-state index contributed by atoms with van der Waals surface area (Å²) >= 11 is 1.42. The minimum atomic E-state index is -0.603. The number of amides is 1. The molecule has 2 aromatic carbocycles. The van der Waals surface area contributed by atoms with E-state index in [2.05, 4.69) is 15.3 Å². The number of thiophene rings is 1. The van der Waals surface area contributed by atoms with E-state index in [-0.39, 0.29) is 17.9 Å². The summed E-state index contributed by atoms with van der Waals surface area (Å²) in [5.74, 6) is -1.08. The first kappa shape index (κ1) is 23.4. The number of rotatable bonds is 4. The number of anilines is 1. The molecule has 1 spiro atoms. The molecule has 1 amide bonds. The van der Waals surface area contributed by atoms with Crippen molar-refractivity contribution in [2.75, 3.05) is 24.7 Å². The fourth-order valence-electron chi connectivity index (χ4n) is 5.75. The molecule has 0 atom stereocenters. The van der Waals surface area contributed by atoms with Crippen LogP contribution in [-0.2, 0) is 41.8 Å². The number of ether oxygens (including phenoxy) is 2. The first-order chi connectivity index (χ1) is 18.4. The lowest BCUT2D eigenvalue weighted by Crippen LogP contribution is -2.41. The Labute approximate surface area is 219 Å². The largest absolute Gasteiger partial charge is 0.363 e. The molecule has 4 heterocycles. The predicted octanol–water partition coefficient (Wildman–Crippen LogP) is 1.31. The van der Waals surface area contributed by atoms with Gasteiger partial charge in [0.2, 0.25) is 16.7 Å². The second-order valence-electron chi connectivity index (χ2n) is 10.1. The average molecular weight is 533 g/mol. The van der Waals surface area contributed by atoms with Crippen molar-refractivity contribution in [3.63, 3.8) is 0 Å². The fourth-order valence-corrected chi connectivity index (χ4v) is 7.06. The molecule has 1 fully saturated rings. The molecular formula is C27H24N4O6S. The van der Waals surface area contributed by atoms with Crippen LogP contribution in [0.2, 0.25) is 0 Å². The molecule has 1 aliphatic carbocycles. The van der Waals surface area contributed by atoms with E-state index in [1.165, 1.54) is 23.0 Å². The van der Waals surface area contributed by atoms with Gasteiger partial charge in [0.25, 0.3) is 11.5 Å². The number of hydrogen-bond donors (Lipinski definition) is 2. The Bertz CT molecular complexity index is 1740. The van der Waals surface area contributed by atoms with Crippen LogP contribution in [0, 0.1) is 0 Å². The third kappa shape index (κ3) is 3.80. The Balaban J connectivity index is 1.07. The van der Waals surface area contributed by atoms with Crippen LogP contribution in [-0.4, -0.2) is 41.4 Å². The van der Waals surface area contributed by atoms with E-state index in [1.807, 2.05) is 23.1 Å². The van der Waals surface area contributed by atoms with Crippen molar-refractivity contribution in [2.45, 2.75) is 44.6 Å². The number of fused-ring (bicyclic) bond motifs is 4. The Hall–Kier alpha value is -3.67. The maximum Gasteiger partial charge on any atom is 0.287 e. The monoisotopic (exact) mass is 532 g/mol. The molecule has 7 rings (SSSR count). The molecular weight excluding hydrogens is 508 g/mol. The maximum absolute atomic E-state index is 13.0. The number of aryl methyl sites for hydroxylation is 1. The quantitative estimate of drug-likeness (QED) is 0.376. The van der Waals surface area contributed by atoms with Crippen molar-refractivity contribution in [1.29, 1.82) is 0 Å². The lowest BCUT2D eigenvalue weighted by Gasteiger charge is -2.31. The first-order valence-electron chi connectivity index (χ1n) is 12.7. The number of carbonyl (C=O) groups is 1. The van der Waals surface area contributed by atoms with Gasteiger partial charge in [0.1, 0.15) is 4.83 Å². The van der Waals surface area contributed by atoms with E-state index >= 15 is 0 Å². The molecule has 10 nitrogen and oxygen atoms in total. The molecule has 1 saturated heterocycles. The van der Waals surface area contributed by atoms with Gasteiger partial charge in [0.05, 0.1) is 24.3 Å². The number of hydrogen-bond acceptors (Lipinski definition) is 9. The van der Waals surface area contributed by atoms with Crippen molar-refractivity contribution in [2.24, 2.45) is 0 Å². The van der Waals surface area contributed by atoms with Gasteiger partial charge in [0.15, 0.2) is 5.79 Å². The number of aromatic amines is 1. The van der Waals surface area contributed by atoms with Gasteiger partial charge in [-0.05, 0) is 35.1 Å². The highest BCUT2D eigenvalue weighted by atomic mass is 32.1. The SMILES string of the molecule is O=C(NCc1ccc2c(c1)CN(c1cc(=O)c1=O)CC2)c1nc2sc3c(c2c(=O)[nH]1)CCC1(C3)OCCO1. The number of carbonyl (C=O) groups excluding carboxylic acids is 1. The zero-order valence-electron chi connectivity index (χ0n) is 20.4. The smallest absolute Gasteiger partial charge is 0.287 e. The van der Waals surface area contributed by atoms with E-state index < -0.39 is 22.6 Å². The number of benzene rings is 1. The maximum atomic E-state index is 13.0. The molecule has 0 bridgehead atoms. The van der Waals surface area contributed by atoms with E-state index in [1.54, 1.807) is 0 Å². The van der Waals surface area contributed by atoms with Crippen LogP contribution < -0.4 is 26.6 Å². The standard InChI is InChI=1S/C27H24N4O6S/c32-19-10-18(22(19)33)31-6-4-15-2-1-14(9-16(15)13-31)12-28-25(35)23-29-24(34)21-17-3-5-27(36-7-8-37-27)11-20(17)38-26(21)30-23/h1-2,9-10H,3-8,11-13H2,(H,28,35)(H,29,30,34). The van der Waals surface area contributed by atoms with Gasteiger partial charge >= 0.3 is 0 Å². The fraction of sp³-hybridized carbons (Fsp3) is 0.370. The minimum absolute atomic E-state index is 0.0200. The van der Waals surface area contributed by atoms with E-state index in [4.69, 9.17) is 9.47 Å². The van der Waals surface area contributed by atoms with Crippen LogP contribution in [0.1, 0.15) is 44.2 Å². The zero-order valence-corrected chi connectivity index (χ0v) is 21.2. The molecule has 2 N–H and O–H groups in total. The molecule has 38 heavy (non-hydrogen) atoms. The van der Waals surface area contributed by atoms with E-state index in [9.17, 15) is 19.2 Å². The predicted molar refractivity (Wildman–Crippen MR) is 141 cm³/mol. The molecule has 4 aromatic rings. The summed E-state index contributed by atoms with van der Waals surface area (Å²) in [4.78, 5) is 59.7. The molecule has 2 aromatic heterocycles. The molecule has 3 aliphatic rings. The molecule has 2 aliphatic heterocycles. The number of H-pyrrole nitrogens is 1. The lowest BCUT2D eigenvalue weighted by atomic mass is 9.92. The number of aromatic nitrogens is 2. The summed E-state index contributed by atoms with van der Waals surface area (Å²) in [6.45, 7) is 2.62. The van der Waals surface area contributed by atoms with Crippen LogP contribution in [0.4, 0.5) is 5.69 Å².